The number of hydrogen-bond acceptors (Lipinski definition) is 3. The Hall–Kier alpha value is -1.68. The van der Waals surface area contributed by atoms with Crippen LogP contribution in [-0.4, -0.2) is 14.8 Å². The van der Waals surface area contributed by atoms with E-state index in [2.05, 4.69) is 53.6 Å². The van der Waals surface area contributed by atoms with E-state index in [1.807, 2.05) is 18.5 Å². The molecule has 18 heavy (non-hydrogen) atoms. The number of rotatable bonds is 4. The van der Waals surface area contributed by atoms with E-state index in [0.29, 0.717) is 6.04 Å². The van der Waals surface area contributed by atoms with Crippen LogP contribution in [0.4, 0.5) is 0 Å². The van der Waals surface area contributed by atoms with Gasteiger partial charge in [0.2, 0.25) is 0 Å². The summed E-state index contributed by atoms with van der Waals surface area (Å²) in [6, 6.07) is 8.75. The largest absolute Gasteiger partial charge is 0.317 e. The van der Waals surface area contributed by atoms with E-state index in [9.17, 15) is 0 Å². The SMILES string of the molecule is Cc1ccccc1C(C)NCc1nnc(C)n1C. The van der Waals surface area contributed by atoms with Gasteiger partial charge in [0.05, 0.1) is 6.54 Å². The van der Waals surface area contributed by atoms with Crippen LogP contribution < -0.4 is 5.32 Å². The molecule has 1 heterocycles. The highest BCUT2D eigenvalue weighted by atomic mass is 15.3. The average Bonchev–Trinajstić information content (AvgIpc) is 2.68. The summed E-state index contributed by atoms with van der Waals surface area (Å²) in [7, 11) is 1.99. The highest BCUT2D eigenvalue weighted by Gasteiger charge is 2.09. The van der Waals surface area contributed by atoms with Crippen LogP contribution in [-0.2, 0) is 13.6 Å². The van der Waals surface area contributed by atoms with E-state index in [4.69, 9.17) is 0 Å². The molecule has 4 nitrogen and oxygen atoms in total. The Morgan fingerprint density at radius 3 is 2.56 bits per heavy atom. The summed E-state index contributed by atoms with van der Waals surface area (Å²) in [5.41, 5.74) is 2.64. The fourth-order valence-electron chi connectivity index (χ4n) is 2.03. The normalized spacial score (nSPS) is 12.7. The molecule has 0 amide bonds. The average molecular weight is 244 g/mol. The lowest BCUT2D eigenvalue weighted by Crippen LogP contribution is -2.21. The van der Waals surface area contributed by atoms with Gasteiger partial charge >= 0.3 is 0 Å². The molecule has 0 aliphatic rings. The van der Waals surface area contributed by atoms with Gasteiger partial charge in [-0.25, -0.2) is 0 Å². The first kappa shape index (κ1) is 12.8. The standard InChI is InChI=1S/C14H20N4/c1-10-7-5-6-8-13(10)11(2)15-9-14-17-16-12(3)18(14)4/h5-8,11,15H,9H2,1-4H3. The van der Waals surface area contributed by atoms with Crippen molar-refractivity contribution in [2.24, 2.45) is 7.05 Å². The Labute approximate surface area is 108 Å². The molecular formula is C14H20N4. The van der Waals surface area contributed by atoms with E-state index in [0.717, 1.165) is 18.2 Å². The van der Waals surface area contributed by atoms with E-state index < -0.39 is 0 Å². The summed E-state index contributed by atoms with van der Waals surface area (Å²) in [5, 5.41) is 11.7. The van der Waals surface area contributed by atoms with E-state index in [1.165, 1.54) is 11.1 Å². The van der Waals surface area contributed by atoms with Gasteiger partial charge in [-0.05, 0) is 31.9 Å². The third-order valence-corrected chi connectivity index (χ3v) is 3.40. The molecule has 2 rings (SSSR count). The first-order valence-electron chi connectivity index (χ1n) is 6.23. The molecule has 0 bridgehead atoms. The molecule has 0 fully saturated rings. The maximum absolute atomic E-state index is 4.15. The van der Waals surface area contributed by atoms with Crippen LogP contribution in [0.3, 0.4) is 0 Å². The Bertz CT molecular complexity index is 530. The van der Waals surface area contributed by atoms with Crippen molar-refractivity contribution >= 4 is 0 Å². The third kappa shape index (κ3) is 2.59. The highest BCUT2D eigenvalue weighted by Crippen LogP contribution is 2.16. The number of nitrogens with one attached hydrogen (secondary N) is 1. The lowest BCUT2D eigenvalue weighted by Gasteiger charge is -2.16. The first-order chi connectivity index (χ1) is 8.59. The van der Waals surface area contributed by atoms with Gasteiger partial charge in [-0.1, -0.05) is 24.3 Å². The lowest BCUT2D eigenvalue weighted by atomic mass is 10.0. The van der Waals surface area contributed by atoms with Crippen molar-refractivity contribution in [2.75, 3.05) is 0 Å². The molecular weight excluding hydrogens is 224 g/mol. The second-order valence-electron chi connectivity index (χ2n) is 4.68. The van der Waals surface area contributed by atoms with Crippen molar-refractivity contribution in [1.29, 1.82) is 0 Å². The summed E-state index contributed by atoms with van der Waals surface area (Å²) in [6.45, 7) is 7.00. The molecule has 2 aromatic rings. The number of benzene rings is 1. The predicted molar refractivity (Wildman–Crippen MR) is 72.2 cm³/mol. The number of aryl methyl sites for hydroxylation is 2. The van der Waals surface area contributed by atoms with Gasteiger partial charge in [-0.3, -0.25) is 0 Å². The number of nitrogens with zero attached hydrogens (tertiary/aromatic N) is 3. The lowest BCUT2D eigenvalue weighted by molar-refractivity contribution is 0.545. The van der Waals surface area contributed by atoms with Gasteiger partial charge in [-0.2, -0.15) is 0 Å². The molecule has 0 saturated carbocycles. The Balaban J connectivity index is 2.03. The molecule has 1 aromatic heterocycles. The summed E-state index contributed by atoms with van der Waals surface area (Å²) in [6.07, 6.45) is 0. The predicted octanol–water partition coefficient (Wildman–Crippen LogP) is 2.28. The fourth-order valence-corrected chi connectivity index (χ4v) is 2.03. The monoisotopic (exact) mass is 244 g/mol. The van der Waals surface area contributed by atoms with Gasteiger partial charge in [0.25, 0.3) is 0 Å². The topological polar surface area (TPSA) is 42.7 Å². The molecule has 0 spiro atoms. The summed E-state index contributed by atoms with van der Waals surface area (Å²) >= 11 is 0. The zero-order valence-corrected chi connectivity index (χ0v) is 11.4. The minimum Gasteiger partial charge on any atom is -0.317 e. The van der Waals surface area contributed by atoms with Crippen molar-refractivity contribution in [1.82, 2.24) is 20.1 Å². The van der Waals surface area contributed by atoms with Gasteiger partial charge in [-0.15, -0.1) is 10.2 Å². The molecule has 96 valence electrons. The van der Waals surface area contributed by atoms with Crippen molar-refractivity contribution < 1.29 is 0 Å². The Morgan fingerprint density at radius 1 is 1.22 bits per heavy atom. The van der Waals surface area contributed by atoms with Gasteiger partial charge < -0.3 is 9.88 Å². The summed E-state index contributed by atoms with van der Waals surface area (Å²) in [4.78, 5) is 0. The van der Waals surface area contributed by atoms with E-state index in [-0.39, 0.29) is 0 Å². The van der Waals surface area contributed by atoms with Crippen molar-refractivity contribution in [2.45, 2.75) is 33.4 Å². The maximum atomic E-state index is 4.15. The zero-order chi connectivity index (χ0) is 13.1. The molecule has 1 N–H and O–H groups in total. The van der Waals surface area contributed by atoms with Gasteiger partial charge in [0.1, 0.15) is 11.6 Å². The molecule has 0 aliphatic heterocycles. The summed E-state index contributed by atoms with van der Waals surface area (Å²) in [5.74, 6) is 1.91. The van der Waals surface area contributed by atoms with Crippen LogP contribution >= 0.6 is 0 Å². The molecule has 1 aromatic carbocycles. The maximum Gasteiger partial charge on any atom is 0.146 e. The van der Waals surface area contributed by atoms with Crippen LogP contribution in [0.1, 0.15) is 35.7 Å². The quantitative estimate of drug-likeness (QED) is 0.897. The molecule has 0 saturated heterocycles. The second kappa shape index (κ2) is 5.31. The molecule has 4 heteroatoms. The van der Waals surface area contributed by atoms with Crippen molar-refractivity contribution in [3.05, 3.63) is 47.0 Å². The van der Waals surface area contributed by atoms with E-state index in [1.54, 1.807) is 0 Å². The third-order valence-electron chi connectivity index (χ3n) is 3.40. The fraction of sp³-hybridized carbons (Fsp3) is 0.429. The number of hydrogen-bond donors (Lipinski definition) is 1. The zero-order valence-electron chi connectivity index (χ0n) is 11.4. The molecule has 0 aliphatic carbocycles. The highest BCUT2D eigenvalue weighted by molar-refractivity contribution is 5.28. The van der Waals surface area contributed by atoms with Crippen LogP contribution in [0.25, 0.3) is 0 Å². The Kier molecular flexibility index (Phi) is 3.77. The van der Waals surface area contributed by atoms with Crippen LogP contribution in [0.2, 0.25) is 0 Å². The van der Waals surface area contributed by atoms with Crippen molar-refractivity contribution in [3.8, 4) is 0 Å². The smallest absolute Gasteiger partial charge is 0.146 e. The Morgan fingerprint density at radius 2 is 1.94 bits per heavy atom. The summed E-state index contributed by atoms with van der Waals surface area (Å²) < 4.78 is 2.01. The minimum absolute atomic E-state index is 0.309. The van der Waals surface area contributed by atoms with E-state index >= 15 is 0 Å². The van der Waals surface area contributed by atoms with Crippen LogP contribution in [0.15, 0.2) is 24.3 Å². The second-order valence-corrected chi connectivity index (χ2v) is 4.68. The van der Waals surface area contributed by atoms with Crippen LogP contribution in [0, 0.1) is 13.8 Å². The number of aromatic nitrogens is 3. The molecule has 0 radical (unpaired) electrons. The minimum atomic E-state index is 0.309. The van der Waals surface area contributed by atoms with Crippen molar-refractivity contribution in [3.63, 3.8) is 0 Å². The molecule has 1 unspecified atom stereocenters. The van der Waals surface area contributed by atoms with Gasteiger partial charge in [0, 0.05) is 13.1 Å². The first-order valence-corrected chi connectivity index (χ1v) is 6.23. The molecule has 1 atom stereocenters. The van der Waals surface area contributed by atoms with Gasteiger partial charge in [0.15, 0.2) is 0 Å². The van der Waals surface area contributed by atoms with Crippen LogP contribution in [0.5, 0.6) is 0 Å².